The largest absolute Gasteiger partial charge is 0.495 e. The van der Waals surface area contributed by atoms with E-state index in [1.807, 2.05) is 31.1 Å². The predicted octanol–water partition coefficient (Wildman–Crippen LogP) is 1.66. The molecule has 128 valence electrons. The molecule has 0 spiro atoms. The van der Waals surface area contributed by atoms with Crippen LogP contribution in [0.5, 0.6) is 5.75 Å². The average Bonchev–Trinajstić information content (AvgIpc) is 2.53. The van der Waals surface area contributed by atoms with E-state index >= 15 is 0 Å². The molecule has 0 aromatic heterocycles. The van der Waals surface area contributed by atoms with Gasteiger partial charge >= 0.3 is 0 Å². The molecule has 2 rings (SSSR count). The maximum Gasteiger partial charge on any atom is 0.255 e. The minimum atomic E-state index is -3.90. The van der Waals surface area contributed by atoms with Crippen LogP contribution in [0.15, 0.2) is 47.4 Å². The number of hydrogen-bond acceptors (Lipinski definition) is 5. The quantitative estimate of drug-likeness (QED) is 0.855. The Hall–Kier alpha value is -2.58. The molecule has 24 heavy (non-hydrogen) atoms. The molecule has 3 N–H and O–H groups in total. The molecule has 2 aromatic rings. The van der Waals surface area contributed by atoms with Gasteiger partial charge in [-0.2, -0.15) is 0 Å². The van der Waals surface area contributed by atoms with E-state index in [2.05, 4.69) is 5.32 Å². The number of nitrogens with zero attached hydrogens (tertiary/aromatic N) is 1. The van der Waals surface area contributed by atoms with E-state index in [9.17, 15) is 13.2 Å². The lowest BCUT2D eigenvalue weighted by molar-refractivity contribution is 0.102. The summed E-state index contributed by atoms with van der Waals surface area (Å²) >= 11 is 0. The Kier molecular flexibility index (Phi) is 5.10. The van der Waals surface area contributed by atoms with Crippen molar-refractivity contribution in [3.63, 3.8) is 0 Å². The second-order valence-electron chi connectivity index (χ2n) is 5.31. The zero-order chi connectivity index (χ0) is 17.9. The summed E-state index contributed by atoms with van der Waals surface area (Å²) in [5.41, 5.74) is 1.86. The number of methoxy groups -OCH3 is 1. The van der Waals surface area contributed by atoms with Crippen LogP contribution in [0, 0.1) is 0 Å². The monoisotopic (exact) mass is 349 g/mol. The van der Waals surface area contributed by atoms with Crippen molar-refractivity contribution in [2.45, 2.75) is 4.90 Å². The predicted molar refractivity (Wildman–Crippen MR) is 93.1 cm³/mol. The first-order valence-electron chi connectivity index (χ1n) is 7.02. The van der Waals surface area contributed by atoms with Crippen LogP contribution in [0.1, 0.15) is 10.4 Å². The van der Waals surface area contributed by atoms with Gasteiger partial charge in [-0.15, -0.1) is 0 Å². The number of nitrogens with one attached hydrogen (secondary N) is 1. The number of carbonyl (C=O) groups excluding carboxylic acids is 1. The molecule has 0 fully saturated rings. The Balaban J connectivity index is 2.23. The third-order valence-corrected chi connectivity index (χ3v) is 4.32. The Labute approximate surface area is 141 Å². The number of benzene rings is 2. The average molecular weight is 349 g/mol. The Morgan fingerprint density at radius 2 is 1.75 bits per heavy atom. The molecular formula is C16H19N3O4S. The number of rotatable bonds is 5. The summed E-state index contributed by atoms with van der Waals surface area (Å²) in [5.74, 6) is -0.246. The van der Waals surface area contributed by atoms with Crippen LogP contribution < -0.4 is 20.1 Å². The molecule has 0 aliphatic carbocycles. The third kappa shape index (κ3) is 4.03. The van der Waals surface area contributed by atoms with E-state index in [-0.39, 0.29) is 16.6 Å². The minimum absolute atomic E-state index is 0.0678. The van der Waals surface area contributed by atoms with Crippen LogP contribution in [-0.2, 0) is 10.0 Å². The van der Waals surface area contributed by atoms with E-state index in [1.54, 1.807) is 12.1 Å². The Morgan fingerprint density at radius 1 is 1.12 bits per heavy atom. The molecule has 0 saturated heterocycles. The normalized spacial score (nSPS) is 11.0. The molecule has 0 unspecified atom stereocenters. The fourth-order valence-corrected chi connectivity index (χ4v) is 2.78. The first kappa shape index (κ1) is 17.8. The van der Waals surface area contributed by atoms with Gasteiger partial charge in [-0.1, -0.05) is 0 Å². The van der Waals surface area contributed by atoms with Gasteiger partial charge in [0.15, 0.2) is 0 Å². The van der Waals surface area contributed by atoms with E-state index < -0.39 is 10.0 Å². The van der Waals surface area contributed by atoms with Crippen molar-refractivity contribution in [2.24, 2.45) is 5.14 Å². The fourth-order valence-electron chi connectivity index (χ4n) is 2.09. The second kappa shape index (κ2) is 6.90. The Bertz CT molecular complexity index is 846. The molecule has 0 saturated carbocycles. The number of nitrogens with two attached hydrogens (primary N) is 1. The Morgan fingerprint density at radius 3 is 2.25 bits per heavy atom. The third-order valence-electron chi connectivity index (χ3n) is 3.37. The van der Waals surface area contributed by atoms with Crippen molar-refractivity contribution in [1.29, 1.82) is 0 Å². The molecule has 0 aliphatic heterocycles. The molecule has 0 heterocycles. The molecule has 0 bridgehead atoms. The van der Waals surface area contributed by atoms with Crippen molar-refractivity contribution >= 4 is 27.3 Å². The highest BCUT2D eigenvalue weighted by molar-refractivity contribution is 7.89. The summed E-state index contributed by atoms with van der Waals surface area (Å²) in [6, 6.07) is 11.2. The molecule has 1 amide bonds. The second-order valence-corrected chi connectivity index (χ2v) is 6.84. The molecular weight excluding hydrogens is 330 g/mol. The number of carbonyl (C=O) groups is 1. The number of amides is 1. The zero-order valence-electron chi connectivity index (χ0n) is 13.6. The van der Waals surface area contributed by atoms with Gasteiger partial charge in [0.25, 0.3) is 5.91 Å². The topological polar surface area (TPSA) is 102 Å². The molecule has 7 nitrogen and oxygen atoms in total. The molecule has 0 aliphatic rings. The first-order valence-corrected chi connectivity index (χ1v) is 8.56. The van der Waals surface area contributed by atoms with Gasteiger partial charge < -0.3 is 15.0 Å². The standard InChI is InChI=1S/C16H19N3O4S/c1-19(2)13-7-4-11(5-8-13)16(20)18-12-6-9-15(24(17,21)22)14(10-12)23-3/h4-10H,1-3H3,(H,18,20)(H2,17,21,22). The van der Waals surface area contributed by atoms with Gasteiger partial charge in [0.1, 0.15) is 10.6 Å². The highest BCUT2D eigenvalue weighted by atomic mass is 32.2. The zero-order valence-corrected chi connectivity index (χ0v) is 14.4. The number of ether oxygens (including phenoxy) is 1. The molecule has 2 aromatic carbocycles. The minimum Gasteiger partial charge on any atom is -0.495 e. The maximum absolute atomic E-state index is 12.3. The van der Waals surface area contributed by atoms with Gasteiger partial charge in [0.2, 0.25) is 10.0 Å². The molecule has 0 radical (unpaired) electrons. The number of sulfonamides is 1. The maximum atomic E-state index is 12.3. The number of primary sulfonamides is 1. The number of anilines is 2. The van der Waals surface area contributed by atoms with E-state index in [4.69, 9.17) is 9.88 Å². The summed E-state index contributed by atoms with van der Waals surface area (Å²) < 4.78 is 27.9. The van der Waals surface area contributed by atoms with Crippen LogP contribution >= 0.6 is 0 Å². The van der Waals surface area contributed by atoms with Crippen molar-refractivity contribution in [3.8, 4) is 5.75 Å². The lowest BCUT2D eigenvalue weighted by atomic mass is 10.2. The van der Waals surface area contributed by atoms with Gasteiger partial charge in [-0.3, -0.25) is 4.79 Å². The highest BCUT2D eigenvalue weighted by Crippen LogP contribution is 2.26. The smallest absolute Gasteiger partial charge is 0.255 e. The van der Waals surface area contributed by atoms with Gasteiger partial charge in [-0.25, -0.2) is 13.6 Å². The van der Waals surface area contributed by atoms with Crippen molar-refractivity contribution in [2.75, 3.05) is 31.4 Å². The van der Waals surface area contributed by atoms with Crippen molar-refractivity contribution in [3.05, 3.63) is 48.0 Å². The summed E-state index contributed by atoms with van der Waals surface area (Å²) in [7, 11) is 1.25. The summed E-state index contributed by atoms with van der Waals surface area (Å²) in [5, 5.41) is 7.81. The van der Waals surface area contributed by atoms with E-state index in [0.29, 0.717) is 11.3 Å². The fraction of sp³-hybridized carbons (Fsp3) is 0.188. The van der Waals surface area contributed by atoms with E-state index in [1.165, 1.54) is 25.3 Å². The summed E-state index contributed by atoms with van der Waals surface area (Å²) in [4.78, 5) is 14.1. The summed E-state index contributed by atoms with van der Waals surface area (Å²) in [6.07, 6.45) is 0. The first-order chi connectivity index (χ1) is 11.2. The van der Waals surface area contributed by atoms with Crippen LogP contribution in [0.2, 0.25) is 0 Å². The van der Waals surface area contributed by atoms with Crippen LogP contribution in [0.3, 0.4) is 0 Å². The van der Waals surface area contributed by atoms with Crippen molar-refractivity contribution < 1.29 is 17.9 Å². The molecule has 0 atom stereocenters. The SMILES string of the molecule is COc1cc(NC(=O)c2ccc(N(C)C)cc2)ccc1S(N)(=O)=O. The van der Waals surface area contributed by atoms with Crippen LogP contribution in [0.4, 0.5) is 11.4 Å². The van der Waals surface area contributed by atoms with Crippen molar-refractivity contribution in [1.82, 2.24) is 0 Å². The van der Waals surface area contributed by atoms with Crippen LogP contribution in [-0.4, -0.2) is 35.5 Å². The molecule has 8 heteroatoms. The van der Waals surface area contributed by atoms with Gasteiger partial charge in [0.05, 0.1) is 7.11 Å². The van der Waals surface area contributed by atoms with Gasteiger partial charge in [0, 0.05) is 37.1 Å². The lowest BCUT2D eigenvalue weighted by Gasteiger charge is -2.13. The highest BCUT2D eigenvalue weighted by Gasteiger charge is 2.16. The van der Waals surface area contributed by atoms with Crippen LogP contribution in [0.25, 0.3) is 0 Å². The number of hydrogen-bond donors (Lipinski definition) is 2. The van der Waals surface area contributed by atoms with Gasteiger partial charge in [-0.05, 0) is 36.4 Å². The van der Waals surface area contributed by atoms with E-state index in [0.717, 1.165) is 5.69 Å². The lowest BCUT2D eigenvalue weighted by Crippen LogP contribution is -2.15. The summed E-state index contributed by atoms with van der Waals surface area (Å²) in [6.45, 7) is 0.